The maximum absolute atomic E-state index is 12.9. The van der Waals surface area contributed by atoms with Crippen molar-refractivity contribution in [2.24, 2.45) is 0 Å². The average Bonchev–Trinajstić information content (AvgIpc) is 2.98. The summed E-state index contributed by atoms with van der Waals surface area (Å²) in [6, 6.07) is 22.0. The van der Waals surface area contributed by atoms with Gasteiger partial charge in [-0.25, -0.2) is 0 Å². The van der Waals surface area contributed by atoms with Gasteiger partial charge >= 0.3 is 0 Å². The van der Waals surface area contributed by atoms with Crippen molar-refractivity contribution in [3.63, 3.8) is 0 Å². The van der Waals surface area contributed by atoms with E-state index < -0.39 is 17.7 Å². The molecule has 1 aliphatic heterocycles. The van der Waals surface area contributed by atoms with Gasteiger partial charge in [0, 0.05) is 12.1 Å². The molecule has 1 saturated heterocycles. The number of rotatable bonds is 4. The van der Waals surface area contributed by atoms with Crippen LogP contribution in [-0.4, -0.2) is 28.2 Å². The predicted molar refractivity (Wildman–Crippen MR) is 110 cm³/mol. The molecule has 0 saturated carbocycles. The van der Waals surface area contributed by atoms with Crippen molar-refractivity contribution >= 4 is 28.2 Å². The van der Waals surface area contributed by atoms with E-state index >= 15 is 0 Å². The molecule has 3 aromatic rings. The van der Waals surface area contributed by atoms with E-state index in [-0.39, 0.29) is 11.3 Å². The first-order valence-corrected chi connectivity index (χ1v) is 9.45. The summed E-state index contributed by atoms with van der Waals surface area (Å²) in [4.78, 5) is 27.3. The van der Waals surface area contributed by atoms with Crippen molar-refractivity contribution in [3.05, 3.63) is 89.5 Å². The Morgan fingerprint density at radius 2 is 1.61 bits per heavy atom. The second-order valence-corrected chi connectivity index (χ2v) is 6.93. The number of benzene rings is 3. The van der Waals surface area contributed by atoms with Crippen LogP contribution < -0.4 is 0 Å². The number of fused-ring (bicyclic) bond motifs is 1. The largest absolute Gasteiger partial charge is 0.507 e. The number of hydrogen-bond donors (Lipinski definition) is 1. The normalized spacial score (nSPS) is 18.8. The molecule has 1 atom stereocenters. The summed E-state index contributed by atoms with van der Waals surface area (Å²) < 4.78 is 0. The molecule has 1 fully saturated rings. The predicted octanol–water partition coefficient (Wildman–Crippen LogP) is 4.67. The van der Waals surface area contributed by atoms with Crippen LogP contribution in [0.2, 0.25) is 0 Å². The molecule has 28 heavy (non-hydrogen) atoms. The molecule has 4 nitrogen and oxygen atoms in total. The number of aliphatic hydroxyl groups excluding tert-OH is 1. The topological polar surface area (TPSA) is 57.6 Å². The minimum atomic E-state index is -0.632. The van der Waals surface area contributed by atoms with E-state index in [9.17, 15) is 14.7 Å². The minimum absolute atomic E-state index is 0.129. The van der Waals surface area contributed by atoms with Crippen LogP contribution in [0.5, 0.6) is 0 Å². The van der Waals surface area contributed by atoms with Gasteiger partial charge in [0.05, 0.1) is 11.6 Å². The fraction of sp³-hybridized carbons (Fsp3) is 0.167. The van der Waals surface area contributed by atoms with Crippen molar-refractivity contribution < 1.29 is 14.7 Å². The van der Waals surface area contributed by atoms with Crippen molar-refractivity contribution in [1.82, 2.24) is 4.90 Å². The number of amides is 1. The molecule has 1 amide bonds. The van der Waals surface area contributed by atoms with E-state index in [4.69, 9.17) is 0 Å². The fourth-order valence-corrected chi connectivity index (χ4v) is 3.92. The highest BCUT2D eigenvalue weighted by atomic mass is 16.3. The molecule has 0 aromatic heterocycles. The number of Topliss-reactive ketones (excluding diaryl/α,β-unsaturated/α-hetero) is 1. The Balaban J connectivity index is 1.98. The number of ketones is 1. The maximum Gasteiger partial charge on any atom is 0.295 e. The standard InChI is InChI=1S/C24H21NO3/c1-2-15-25-21(19-14-8-12-16-9-6-7-13-18(16)19)20(23(27)24(25)28)22(26)17-10-4-3-5-11-17/h3-14,21,26H,2,15H2,1H3/b22-20-. The molecule has 1 unspecified atom stereocenters. The monoisotopic (exact) mass is 371 g/mol. The average molecular weight is 371 g/mol. The summed E-state index contributed by atoms with van der Waals surface area (Å²) in [5.41, 5.74) is 1.53. The summed E-state index contributed by atoms with van der Waals surface area (Å²) >= 11 is 0. The Labute approximate surface area is 163 Å². The lowest BCUT2D eigenvalue weighted by Gasteiger charge is -2.26. The summed E-state index contributed by atoms with van der Waals surface area (Å²) in [6.45, 7) is 2.42. The van der Waals surface area contributed by atoms with Crippen molar-refractivity contribution in [1.29, 1.82) is 0 Å². The van der Waals surface area contributed by atoms with Gasteiger partial charge < -0.3 is 10.0 Å². The summed E-state index contributed by atoms with van der Waals surface area (Å²) in [6.07, 6.45) is 0.722. The van der Waals surface area contributed by atoms with Gasteiger partial charge in [0.2, 0.25) is 0 Å². The molecule has 0 aliphatic carbocycles. The Hall–Kier alpha value is -3.40. The number of nitrogens with zero attached hydrogens (tertiary/aromatic N) is 1. The zero-order chi connectivity index (χ0) is 19.7. The molecule has 0 radical (unpaired) electrons. The fourth-order valence-electron chi connectivity index (χ4n) is 3.92. The molecule has 4 rings (SSSR count). The number of hydrogen-bond acceptors (Lipinski definition) is 3. The molecule has 4 heteroatoms. The molecular formula is C24H21NO3. The highest BCUT2D eigenvalue weighted by molar-refractivity contribution is 6.46. The number of aliphatic hydroxyl groups is 1. The van der Waals surface area contributed by atoms with Crippen LogP contribution in [0.3, 0.4) is 0 Å². The van der Waals surface area contributed by atoms with Crippen LogP contribution in [0.25, 0.3) is 16.5 Å². The second-order valence-electron chi connectivity index (χ2n) is 6.93. The first-order chi connectivity index (χ1) is 13.6. The van der Waals surface area contributed by atoms with Crippen molar-refractivity contribution in [3.8, 4) is 0 Å². The first kappa shape index (κ1) is 18.0. The highest BCUT2D eigenvalue weighted by Gasteiger charge is 2.46. The maximum atomic E-state index is 12.9. The third-order valence-electron chi connectivity index (χ3n) is 5.17. The Kier molecular flexibility index (Phi) is 4.70. The van der Waals surface area contributed by atoms with Crippen LogP contribution >= 0.6 is 0 Å². The van der Waals surface area contributed by atoms with E-state index in [1.54, 1.807) is 29.2 Å². The molecule has 0 spiro atoms. The van der Waals surface area contributed by atoms with Crippen LogP contribution in [-0.2, 0) is 9.59 Å². The van der Waals surface area contributed by atoms with Crippen LogP contribution in [0.1, 0.15) is 30.5 Å². The smallest absolute Gasteiger partial charge is 0.295 e. The molecule has 3 aromatic carbocycles. The van der Waals surface area contributed by atoms with Crippen molar-refractivity contribution in [2.75, 3.05) is 6.54 Å². The summed E-state index contributed by atoms with van der Waals surface area (Å²) in [5.74, 6) is -1.32. The lowest BCUT2D eigenvalue weighted by Crippen LogP contribution is -2.30. The third-order valence-corrected chi connectivity index (χ3v) is 5.17. The Morgan fingerprint density at radius 1 is 0.929 bits per heavy atom. The van der Waals surface area contributed by atoms with E-state index in [0.717, 1.165) is 22.8 Å². The van der Waals surface area contributed by atoms with Gasteiger partial charge in [-0.3, -0.25) is 9.59 Å². The van der Waals surface area contributed by atoms with E-state index in [0.29, 0.717) is 12.1 Å². The zero-order valence-electron chi connectivity index (χ0n) is 15.6. The van der Waals surface area contributed by atoms with Gasteiger partial charge in [-0.05, 0) is 22.8 Å². The Bertz CT molecular complexity index is 1080. The van der Waals surface area contributed by atoms with E-state index in [2.05, 4.69) is 0 Å². The second kappa shape index (κ2) is 7.31. The molecule has 140 valence electrons. The van der Waals surface area contributed by atoms with E-state index in [1.807, 2.05) is 55.5 Å². The van der Waals surface area contributed by atoms with Crippen LogP contribution in [0.4, 0.5) is 0 Å². The summed E-state index contributed by atoms with van der Waals surface area (Å²) in [5, 5.41) is 13.0. The number of carbonyl (C=O) groups is 2. The Morgan fingerprint density at radius 3 is 2.36 bits per heavy atom. The van der Waals surface area contributed by atoms with Gasteiger partial charge in [-0.1, -0.05) is 79.7 Å². The molecule has 1 heterocycles. The quantitative estimate of drug-likeness (QED) is 0.412. The molecule has 0 bridgehead atoms. The van der Waals surface area contributed by atoms with Gasteiger partial charge in [-0.2, -0.15) is 0 Å². The third kappa shape index (κ3) is 2.87. The van der Waals surface area contributed by atoms with Crippen LogP contribution in [0, 0.1) is 0 Å². The van der Waals surface area contributed by atoms with Crippen LogP contribution in [0.15, 0.2) is 78.4 Å². The lowest BCUT2D eigenvalue weighted by molar-refractivity contribution is -0.139. The zero-order valence-corrected chi connectivity index (χ0v) is 15.6. The van der Waals surface area contributed by atoms with Gasteiger partial charge in [0.1, 0.15) is 5.76 Å². The van der Waals surface area contributed by atoms with Gasteiger partial charge in [0.15, 0.2) is 0 Å². The SMILES string of the molecule is CCCN1C(=O)C(=O)/C(=C(\O)c2ccccc2)C1c1cccc2ccccc12. The summed E-state index contributed by atoms with van der Waals surface area (Å²) in [7, 11) is 0. The minimum Gasteiger partial charge on any atom is -0.507 e. The van der Waals surface area contributed by atoms with Gasteiger partial charge in [0.25, 0.3) is 11.7 Å². The lowest BCUT2D eigenvalue weighted by atomic mass is 9.91. The molecular weight excluding hydrogens is 350 g/mol. The highest BCUT2D eigenvalue weighted by Crippen LogP contribution is 2.41. The van der Waals surface area contributed by atoms with E-state index in [1.165, 1.54) is 0 Å². The molecule has 1 aliphatic rings. The van der Waals surface area contributed by atoms with Gasteiger partial charge in [-0.15, -0.1) is 0 Å². The van der Waals surface area contributed by atoms with Crippen molar-refractivity contribution in [2.45, 2.75) is 19.4 Å². The number of likely N-dealkylation sites (tertiary alicyclic amines) is 1. The number of carbonyl (C=O) groups excluding carboxylic acids is 2. The molecule has 1 N–H and O–H groups in total. The first-order valence-electron chi connectivity index (χ1n) is 9.45.